The van der Waals surface area contributed by atoms with E-state index in [0.29, 0.717) is 10.9 Å². The maximum atomic E-state index is 12.7. The number of hydrogen-bond donors (Lipinski definition) is 2. The molecule has 0 saturated carbocycles. The lowest BCUT2D eigenvalue weighted by molar-refractivity contribution is 0.289. The number of nitrogens with two attached hydrogens (primary N) is 1. The number of aliphatic hydroxyl groups excluding tert-OH is 1. The molecule has 3 N–H and O–H groups in total. The molecule has 0 radical (unpaired) electrons. The average Bonchev–Trinajstić information content (AvgIpc) is 2.17. The number of nitrogen functional groups attached to an aromatic ring is 1. The topological polar surface area (TPSA) is 46.2 Å². The van der Waals surface area contributed by atoms with Crippen LogP contribution in [0, 0.1) is 5.82 Å². The van der Waals surface area contributed by atoms with Crippen LogP contribution in [0.3, 0.4) is 0 Å². The van der Waals surface area contributed by atoms with Crippen LogP contribution in [0.25, 0.3) is 0 Å². The Morgan fingerprint density at radius 2 is 2.27 bits per heavy atom. The van der Waals surface area contributed by atoms with Crippen LogP contribution in [0.2, 0.25) is 0 Å². The van der Waals surface area contributed by atoms with E-state index in [2.05, 4.69) is 6.92 Å². The second-order valence-corrected chi connectivity index (χ2v) is 4.90. The zero-order valence-corrected chi connectivity index (χ0v) is 9.56. The zero-order valence-electron chi connectivity index (χ0n) is 8.74. The molecule has 0 aliphatic carbocycles. The average molecular weight is 229 g/mol. The molecule has 0 aromatic heterocycles. The Balaban J connectivity index is 2.50. The first-order valence-corrected chi connectivity index (χ1v) is 5.94. The van der Waals surface area contributed by atoms with E-state index in [9.17, 15) is 4.39 Å². The minimum absolute atomic E-state index is 0.201. The lowest BCUT2D eigenvalue weighted by atomic mass is 10.2. The Labute approximate surface area is 93.7 Å². The van der Waals surface area contributed by atoms with Crippen molar-refractivity contribution in [2.24, 2.45) is 0 Å². The normalized spacial score (nSPS) is 12.7. The van der Waals surface area contributed by atoms with Gasteiger partial charge in [0.1, 0.15) is 5.82 Å². The molecule has 0 bridgehead atoms. The van der Waals surface area contributed by atoms with E-state index >= 15 is 0 Å². The van der Waals surface area contributed by atoms with Crippen LogP contribution >= 0.6 is 11.8 Å². The summed E-state index contributed by atoms with van der Waals surface area (Å²) in [7, 11) is 0. The fourth-order valence-electron chi connectivity index (χ4n) is 1.19. The van der Waals surface area contributed by atoms with Gasteiger partial charge in [-0.05, 0) is 24.1 Å². The maximum absolute atomic E-state index is 12.7. The molecule has 1 rings (SSSR count). The fraction of sp³-hybridized carbons (Fsp3) is 0.455. The van der Waals surface area contributed by atoms with Crippen molar-refractivity contribution >= 4 is 17.4 Å². The molecule has 1 aromatic rings. The Morgan fingerprint density at radius 3 is 2.87 bits per heavy atom. The number of hydrogen-bond acceptors (Lipinski definition) is 3. The van der Waals surface area contributed by atoms with Gasteiger partial charge < -0.3 is 10.8 Å². The van der Waals surface area contributed by atoms with Crippen molar-refractivity contribution in [2.45, 2.75) is 24.3 Å². The van der Waals surface area contributed by atoms with Crippen LogP contribution in [-0.2, 0) is 5.75 Å². The van der Waals surface area contributed by atoms with Crippen molar-refractivity contribution in [3.63, 3.8) is 0 Å². The van der Waals surface area contributed by atoms with Gasteiger partial charge in [0.2, 0.25) is 0 Å². The summed E-state index contributed by atoms with van der Waals surface area (Å²) in [4.78, 5) is 0. The maximum Gasteiger partial charge on any atom is 0.125 e. The fourth-order valence-corrected chi connectivity index (χ4v) is 2.19. The van der Waals surface area contributed by atoms with E-state index in [1.165, 1.54) is 12.1 Å². The summed E-state index contributed by atoms with van der Waals surface area (Å²) in [6.07, 6.45) is 0.770. The summed E-state index contributed by atoms with van der Waals surface area (Å²) in [5.74, 6) is 0.456. The molecule has 0 saturated heterocycles. The highest BCUT2D eigenvalue weighted by Gasteiger charge is 2.05. The molecule has 2 nitrogen and oxygen atoms in total. The zero-order chi connectivity index (χ0) is 11.3. The number of aliphatic hydroxyl groups is 1. The number of rotatable bonds is 5. The largest absolute Gasteiger partial charge is 0.398 e. The van der Waals surface area contributed by atoms with E-state index in [-0.39, 0.29) is 12.4 Å². The lowest BCUT2D eigenvalue weighted by Crippen LogP contribution is -2.01. The highest BCUT2D eigenvalue weighted by Crippen LogP contribution is 2.23. The molecule has 0 aliphatic rings. The predicted octanol–water partition coefficient (Wildman–Crippen LogP) is 2.41. The second-order valence-electron chi connectivity index (χ2n) is 3.48. The first kappa shape index (κ1) is 12.3. The molecule has 0 heterocycles. The van der Waals surface area contributed by atoms with E-state index in [1.807, 2.05) is 0 Å². The Hall–Kier alpha value is -0.740. The monoisotopic (exact) mass is 229 g/mol. The van der Waals surface area contributed by atoms with Gasteiger partial charge >= 0.3 is 0 Å². The number of benzene rings is 1. The first-order valence-electron chi connectivity index (χ1n) is 4.90. The van der Waals surface area contributed by atoms with Crippen LogP contribution in [-0.4, -0.2) is 17.0 Å². The number of thioether (sulfide) groups is 1. The Kier molecular flexibility index (Phi) is 4.91. The predicted molar refractivity (Wildman–Crippen MR) is 63.3 cm³/mol. The molecule has 4 heteroatoms. The van der Waals surface area contributed by atoms with Crippen molar-refractivity contribution in [2.75, 3.05) is 12.3 Å². The molecular formula is C11H16FNOS. The minimum atomic E-state index is -0.301. The third-order valence-electron chi connectivity index (χ3n) is 2.17. The van der Waals surface area contributed by atoms with Gasteiger partial charge in [-0.15, -0.1) is 0 Å². The van der Waals surface area contributed by atoms with Gasteiger partial charge in [0, 0.05) is 23.3 Å². The molecule has 0 fully saturated rings. The van der Waals surface area contributed by atoms with Crippen molar-refractivity contribution in [1.29, 1.82) is 0 Å². The summed E-state index contributed by atoms with van der Waals surface area (Å²) in [5, 5.41) is 9.13. The molecular weight excluding hydrogens is 213 g/mol. The number of anilines is 1. The Bertz CT molecular complexity index is 319. The minimum Gasteiger partial charge on any atom is -0.398 e. The molecule has 1 aromatic carbocycles. The molecule has 15 heavy (non-hydrogen) atoms. The summed E-state index contributed by atoms with van der Waals surface area (Å²) in [6.45, 7) is 2.26. The summed E-state index contributed by atoms with van der Waals surface area (Å²) >= 11 is 1.71. The molecule has 1 atom stereocenters. The van der Waals surface area contributed by atoms with Gasteiger partial charge in [0.25, 0.3) is 0 Å². The highest BCUT2D eigenvalue weighted by molar-refractivity contribution is 7.99. The standard InChI is InChI=1S/C11H16FNOS/c1-8(4-5-14)15-7-9-2-3-10(12)6-11(9)13/h2-3,6,8,14H,4-5,7,13H2,1H3. The first-order chi connectivity index (χ1) is 7.13. The van der Waals surface area contributed by atoms with E-state index < -0.39 is 0 Å². The van der Waals surface area contributed by atoms with E-state index in [4.69, 9.17) is 10.8 Å². The Morgan fingerprint density at radius 1 is 1.53 bits per heavy atom. The van der Waals surface area contributed by atoms with E-state index in [1.54, 1.807) is 17.8 Å². The summed E-state index contributed by atoms with van der Waals surface area (Å²) < 4.78 is 12.7. The van der Waals surface area contributed by atoms with Gasteiger partial charge in [0.05, 0.1) is 0 Å². The van der Waals surface area contributed by atoms with Gasteiger partial charge in [-0.2, -0.15) is 11.8 Å². The quantitative estimate of drug-likeness (QED) is 0.762. The third-order valence-corrected chi connectivity index (χ3v) is 3.45. The summed E-state index contributed by atoms with van der Waals surface area (Å²) in [5.41, 5.74) is 7.13. The van der Waals surface area contributed by atoms with Gasteiger partial charge in [-0.1, -0.05) is 13.0 Å². The van der Waals surface area contributed by atoms with Crippen LogP contribution in [0.5, 0.6) is 0 Å². The van der Waals surface area contributed by atoms with Crippen LogP contribution < -0.4 is 5.73 Å². The molecule has 0 amide bonds. The van der Waals surface area contributed by atoms with Gasteiger partial charge in [-0.25, -0.2) is 4.39 Å². The van der Waals surface area contributed by atoms with Crippen LogP contribution in [0.15, 0.2) is 18.2 Å². The molecule has 0 aliphatic heterocycles. The van der Waals surface area contributed by atoms with Gasteiger partial charge in [-0.3, -0.25) is 0 Å². The molecule has 84 valence electrons. The van der Waals surface area contributed by atoms with Crippen molar-refractivity contribution in [3.05, 3.63) is 29.6 Å². The SMILES string of the molecule is CC(CCO)SCc1ccc(F)cc1N. The second kappa shape index (κ2) is 5.98. The van der Waals surface area contributed by atoms with Crippen LogP contribution in [0.1, 0.15) is 18.9 Å². The molecule has 1 unspecified atom stereocenters. The smallest absolute Gasteiger partial charge is 0.125 e. The molecule has 0 spiro atoms. The highest BCUT2D eigenvalue weighted by atomic mass is 32.2. The van der Waals surface area contributed by atoms with Crippen molar-refractivity contribution < 1.29 is 9.50 Å². The van der Waals surface area contributed by atoms with Crippen molar-refractivity contribution in [3.8, 4) is 0 Å². The lowest BCUT2D eigenvalue weighted by Gasteiger charge is -2.10. The number of halogens is 1. The van der Waals surface area contributed by atoms with Gasteiger partial charge in [0.15, 0.2) is 0 Å². The van der Waals surface area contributed by atoms with E-state index in [0.717, 1.165) is 17.7 Å². The third kappa shape index (κ3) is 4.10. The van der Waals surface area contributed by atoms with Crippen molar-refractivity contribution in [1.82, 2.24) is 0 Å². The van der Waals surface area contributed by atoms with Crippen LogP contribution in [0.4, 0.5) is 10.1 Å². The summed E-state index contributed by atoms with van der Waals surface area (Å²) in [6, 6.07) is 4.47.